The fourth-order valence-corrected chi connectivity index (χ4v) is 8.49. The van der Waals surface area contributed by atoms with Gasteiger partial charge in [-0.1, -0.05) is 266 Å². The van der Waals surface area contributed by atoms with Crippen molar-refractivity contribution in [2.24, 2.45) is 0 Å². The van der Waals surface area contributed by atoms with E-state index in [9.17, 15) is 19.8 Å². The molecule has 0 aliphatic carbocycles. The predicted molar refractivity (Wildman–Crippen MR) is 305 cm³/mol. The third kappa shape index (κ3) is 51.1. The molecule has 0 aromatic heterocycles. The molecule has 0 saturated carbocycles. The van der Waals surface area contributed by atoms with Gasteiger partial charge in [-0.2, -0.15) is 0 Å². The third-order valence-electron chi connectivity index (χ3n) is 13.0. The average molecular weight is 975 g/mol. The van der Waals surface area contributed by atoms with Crippen molar-refractivity contribution in [3.8, 4) is 0 Å². The number of nitrogens with one attached hydrogen (secondary N) is 1. The number of amides is 1. The van der Waals surface area contributed by atoms with Gasteiger partial charge in [-0.25, -0.2) is 0 Å². The summed E-state index contributed by atoms with van der Waals surface area (Å²) in [5.74, 6) is -0.555. The van der Waals surface area contributed by atoms with Crippen LogP contribution in [0.15, 0.2) is 97.2 Å². The smallest absolute Gasteiger partial charge is 0.306 e. The van der Waals surface area contributed by atoms with E-state index in [4.69, 9.17) is 4.74 Å². The molecule has 0 aliphatic heterocycles. The molecule has 3 N–H and O–H groups in total. The topological polar surface area (TPSA) is 95.9 Å². The van der Waals surface area contributed by atoms with Crippen LogP contribution in [-0.4, -0.2) is 46.9 Å². The molecule has 0 spiro atoms. The van der Waals surface area contributed by atoms with Crippen molar-refractivity contribution in [3.63, 3.8) is 0 Å². The summed E-state index contributed by atoms with van der Waals surface area (Å²) in [5, 5.41) is 23.9. The first-order chi connectivity index (χ1) is 34.5. The van der Waals surface area contributed by atoms with Crippen LogP contribution in [0, 0.1) is 0 Å². The van der Waals surface area contributed by atoms with Crippen molar-refractivity contribution in [1.82, 2.24) is 5.32 Å². The Hall–Kier alpha value is -3.22. The van der Waals surface area contributed by atoms with E-state index in [1.165, 1.54) is 128 Å². The highest BCUT2D eigenvalue weighted by molar-refractivity contribution is 5.77. The monoisotopic (exact) mass is 974 g/mol. The molecule has 0 fully saturated rings. The Bertz CT molecular complexity index is 1370. The average Bonchev–Trinajstić information content (AvgIpc) is 3.35. The normalized spacial score (nSPS) is 13.8. The SMILES string of the molecule is CCCCC/C=C\C/C=C\C/C=C\C/C=C\CCCC(CC(=O)NC(CO)C(O)CCCCCCCCCCCCCCCCCC)OC(=O)CCCCCCC/C=C/C=C/C=C/C=C/CCCCC. The quantitative estimate of drug-likeness (QED) is 0.0244. The minimum atomic E-state index is -0.813. The molecule has 1 amide bonds. The van der Waals surface area contributed by atoms with Crippen LogP contribution in [0.4, 0.5) is 0 Å². The molecule has 0 aromatic carbocycles. The molecule has 0 bridgehead atoms. The molecule has 0 aliphatic rings. The summed E-state index contributed by atoms with van der Waals surface area (Å²) in [6.45, 7) is 6.41. The first-order valence-electron chi connectivity index (χ1n) is 29.5. The fourth-order valence-electron chi connectivity index (χ4n) is 8.49. The lowest BCUT2D eigenvalue weighted by Crippen LogP contribution is -2.46. The van der Waals surface area contributed by atoms with E-state index in [2.05, 4.69) is 123 Å². The number of esters is 1. The van der Waals surface area contributed by atoms with Crippen LogP contribution in [-0.2, 0) is 14.3 Å². The molecule has 402 valence electrons. The van der Waals surface area contributed by atoms with Gasteiger partial charge in [0.05, 0.1) is 25.2 Å². The number of allylic oxidation sites excluding steroid dienone is 16. The molecule has 0 aromatic rings. The summed E-state index contributed by atoms with van der Waals surface area (Å²) < 4.78 is 5.93. The van der Waals surface area contributed by atoms with Crippen LogP contribution in [0.2, 0.25) is 0 Å². The van der Waals surface area contributed by atoms with Gasteiger partial charge in [0.15, 0.2) is 0 Å². The summed E-state index contributed by atoms with van der Waals surface area (Å²) in [4.78, 5) is 26.3. The highest BCUT2D eigenvalue weighted by atomic mass is 16.5. The molecule has 6 heteroatoms. The summed E-state index contributed by atoms with van der Waals surface area (Å²) in [6.07, 6.45) is 76.1. The van der Waals surface area contributed by atoms with Gasteiger partial charge in [0.2, 0.25) is 5.91 Å². The summed E-state index contributed by atoms with van der Waals surface area (Å²) >= 11 is 0. The molecule has 0 rings (SSSR count). The Morgan fingerprint density at radius 2 is 0.800 bits per heavy atom. The number of hydrogen-bond donors (Lipinski definition) is 3. The molecule has 3 unspecified atom stereocenters. The number of aliphatic hydroxyl groups is 2. The number of ether oxygens (including phenoxy) is 1. The number of carbonyl (C=O) groups excluding carboxylic acids is 2. The van der Waals surface area contributed by atoms with Crippen LogP contribution >= 0.6 is 0 Å². The maximum Gasteiger partial charge on any atom is 0.306 e. The minimum absolute atomic E-state index is 0.0256. The van der Waals surface area contributed by atoms with Crippen molar-refractivity contribution in [1.29, 1.82) is 0 Å². The van der Waals surface area contributed by atoms with E-state index >= 15 is 0 Å². The van der Waals surface area contributed by atoms with Crippen LogP contribution in [0.25, 0.3) is 0 Å². The maximum atomic E-state index is 13.3. The first kappa shape index (κ1) is 66.8. The van der Waals surface area contributed by atoms with E-state index in [-0.39, 0.29) is 24.9 Å². The van der Waals surface area contributed by atoms with Gasteiger partial charge in [-0.3, -0.25) is 9.59 Å². The van der Waals surface area contributed by atoms with Gasteiger partial charge in [-0.05, 0) is 89.9 Å². The van der Waals surface area contributed by atoms with Gasteiger partial charge in [0.1, 0.15) is 6.10 Å². The van der Waals surface area contributed by atoms with Gasteiger partial charge < -0.3 is 20.3 Å². The van der Waals surface area contributed by atoms with Gasteiger partial charge in [0.25, 0.3) is 0 Å². The van der Waals surface area contributed by atoms with Crippen molar-refractivity contribution < 1.29 is 24.5 Å². The molecule has 6 nitrogen and oxygen atoms in total. The van der Waals surface area contributed by atoms with Gasteiger partial charge in [-0.15, -0.1) is 0 Å². The second-order valence-electron chi connectivity index (χ2n) is 19.8. The zero-order valence-electron chi connectivity index (χ0n) is 45.9. The molecule has 0 heterocycles. The van der Waals surface area contributed by atoms with E-state index in [0.29, 0.717) is 19.3 Å². The molecule has 0 saturated heterocycles. The lowest BCUT2D eigenvalue weighted by atomic mass is 10.0. The lowest BCUT2D eigenvalue weighted by molar-refractivity contribution is -0.151. The number of rotatable bonds is 52. The van der Waals surface area contributed by atoms with Crippen LogP contribution in [0.3, 0.4) is 0 Å². The zero-order valence-corrected chi connectivity index (χ0v) is 45.9. The predicted octanol–water partition coefficient (Wildman–Crippen LogP) is 18.5. The fraction of sp³-hybridized carbons (Fsp3) is 0.719. The summed E-state index contributed by atoms with van der Waals surface area (Å²) in [7, 11) is 0. The Morgan fingerprint density at radius 1 is 0.429 bits per heavy atom. The molecule has 70 heavy (non-hydrogen) atoms. The first-order valence-corrected chi connectivity index (χ1v) is 29.5. The van der Waals surface area contributed by atoms with Crippen molar-refractivity contribution in [2.45, 2.75) is 289 Å². The van der Waals surface area contributed by atoms with Crippen LogP contribution in [0.5, 0.6) is 0 Å². The summed E-state index contributed by atoms with van der Waals surface area (Å²) in [6, 6.07) is -0.731. The number of carbonyl (C=O) groups is 2. The van der Waals surface area contributed by atoms with E-state index in [1.807, 2.05) is 0 Å². The minimum Gasteiger partial charge on any atom is -0.462 e. The number of aliphatic hydroxyl groups excluding tert-OH is 2. The molecule has 0 radical (unpaired) electrons. The molecular formula is C64H111NO5. The van der Waals surface area contributed by atoms with Crippen LogP contribution in [0.1, 0.15) is 271 Å². The molecule has 3 atom stereocenters. The van der Waals surface area contributed by atoms with Gasteiger partial charge in [0, 0.05) is 6.42 Å². The summed E-state index contributed by atoms with van der Waals surface area (Å²) in [5.41, 5.74) is 0. The lowest BCUT2D eigenvalue weighted by Gasteiger charge is -2.24. The van der Waals surface area contributed by atoms with Gasteiger partial charge >= 0.3 is 5.97 Å². The maximum absolute atomic E-state index is 13.3. The van der Waals surface area contributed by atoms with Crippen molar-refractivity contribution >= 4 is 11.9 Å². The Balaban J connectivity index is 4.71. The van der Waals surface area contributed by atoms with E-state index < -0.39 is 18.2 Å². The Kier molecular flexibility index (Phi) is 54.1. The van der Waals surface area contributed by atoms with E-state index in [0.717, 1.165) is 96.3 Å². The highest BCUT2D eigenvalue weighted by Crippen LogP contribution is 2.17. The number of hydrogen-bond acceptors (Lipinski definition) is 5. The van der Waals surface area contributed by atoms with Crippen molar-refractivity contribution in [3.05, 3.63) is 97.2 Å². The highest BCUT2D eigenvalue weighted by Gasteiger charge is 2.24. The van der Waals surface area contributed by atoms with Crippen LogP contribution < -0.4 is 5.32 Å². The largest absolute Gasteiger partial charge is 0.462 e. The standard InChI is InChI=1S/C64H111NO5/c1-4-7-10-13-16-19-22-25-28-31-33-36-39-42-45-48-51-54-57-64(69)70-60(55-52-49-46-43-40-37-34-32-29-26-23-20-17-14-11-8-5-2)58-63(68)65-61(59-66)62(67)56-53-50-47-44-41-38-35-30-27-24-21-18-15-12-9-6-3/h16-17,19-20,22,25-26,28-29,31,33-34,36-37,43,46,60-62,66-67H,4-15,18,21,23-24,27,30,32,35,38-42,44-45,47-59H2,1-3H3,(H,65,68)/b19-16+,20-17-,25-22+,29-26-,31-28+,36-33+,37-34-,46-43-. The number of unbranched alkanes of at least 4 members (excludes halogenated alkanes) is 27. The zero-order chi connectivity index (χ0) is 50.9. The Morgan fingerprint density at radius 3 is 1.29 bits per heavy atom. The Labute approximate surface area is 433 Å². The second kappa shape index (κ2) is 56.7. The third-order valence-corrected chi connectivity index (χ3v) is 13.0. The molecular weight excluding hydrogens is 863 g/mol. The van der Waals surface area contributed by atoms with Crippen molar-refractivity contribution in [2.75, 3.05) is 6.61 Å². The van der Waals surface area contributed by atoms with E-state index in [1.54, 1.807) is 0 Å². The second-order valence-corrected chi connectivity index (χ2v) is 19.8.